The zero-order valence-corrected chi connectivity index (χ0v) is 12.3. The zero-order valence-electron chi connectivity index (χ0n) is 12.3. The number of carbonyl (C=O) groups is 1. The monoisotopic (exact) mass is 290 g/mol. The third-order valence-electron chi connectivity index (χ3n) is 3.31. The van der Waals surface area contributed by atoms with Gasteiger partial charge in [-0.1, -0.05) is 13.0 Å². The number of methoxy groups -OCH3 is 1. The van der Waals surface area contributed by atoms with Gasteiger partial charge in [-0.3, -0.25) is 14.7 Å². The fourth-order valence-electron chi connectivity index (χ4n) is 2.34. The molecule has 0 saturated heterocycles. The lowest BCUT2D eigenvalue weighted by Gasteiger charge is -2.21. The highest BCUT2D eigenvalue weighted by molar-refractivity contribution is 5.82. The van der Waals surface area contributed by atoms with Crippen LogP contribution >= 0.6 is 0 Å². The molecule has 0 saturated carbocycles. The van der Waals surface area contributed by atoms with Crippen LogP contribution in [0.3, 0.4) is 0 Å². The minimum absolute atomic E-state index is 0.218. The Morgan fingerprint density at radius 1 is 1.38 bits per heavy atom. The second-order valence-electron chi connectivity index (χ2n) is 4.89. The highest BCUT2D eigenvalue weighted by atomic mass is 19.1. The Bertz CT molecular complexity index is 631. The summed E-state index contributed by atoms with van der Waals surface area (Å²) in [5.74, 6) is -0.556. The molecule has 0 spiro atoms. The number of hydrogen-bond donors (Lipinski definition) is 0. The first-order valence-electron chi connectivity index (χ1n) is 6.97. The second kappa shape index (κ2) is 7.13. The third-order valence-corrected chi connectivity index (χ3v) is 3.31. The summed E-state index contributed by atoms with van der Waals surface area (Å²) in [6.07, 6.45) is 2.57. The first-order chi connectivity index (χ1) is 10.2. The molecule has 0 unspecified atom stereocenters. The number of halogens is 1. The number of rotatable bonds is 6. The molecule has 0 N–H and O–H groups in total. The van der Waals surface area contributed by atoms with E-state index in [1.54, 1.807) is 24.4 Å². The van der Waals surface area contributed by atoms with E-state index in [-0.39, 0.29) is 18.3 Å². The summed E-state index contributed by atoms with van der Waals surface area (Å²) in [6.45, 7) is 3.57. The van der Waals surface area contributed by atoms with Gasteiger partial charge in [-0.05, 0) is 36.7 Å². The Kier molecular flexibility index (Phi) is 5.22. The summed E-state index contributed by atoms with van der Waals surface area (Å²) in [4.78, 5) is 17.7. The molecule has 4 nitrogen and oxygen atoms in total. The minimum atomic E-state index is -0.281. The van der Waals surface area contributed by atoms with Crippen LogP contribution in [0.25, 0.3) is 10.9 Å². The van der Waals surface area contributed by atoms with E-state index >= 15 is 0 Å². The van der Waals surface area contributed by atoms with Crippen molar-refractivity contribution in [1.29, 1.82) is 0 Å². The standard InChI is InChI=1S/C16H19FN2O2/c1-3-9-19(11-15(20)21-2)10-12-6-7-14(17)13-5-4-8-18-16(12)13/h4-8H,3,9-11H2,1-2H3. The van der Waals surface area contributed by atoms with Gasteiger partial charge >= 0.3 is 5.97 Å². The second-order valence-corrected chi connectivity index (χ2v) is 4.89. The third kappa shape index (κ3) is 3.76. The molecule has 1 aromatic heterocycles. The van der Waals surface area contributed by atoms with Gasteiger partial charge in [0.05, 0.1) is 19.2 Å². The predicted octanol–water partition coefficient (Wildman–Crippen LogP) is 2.76. The smallest absolute Gasteiger partial charge is 0.319 e. The van der Waals surface area contributed by atoms with Crippen LogP contribution in [-0.4, -0.2) is 36.1 Å². The molecule has 0 amide bonds. The van der Waals surface area contributed by atoms with E-state index in [0.717, 1.165) is 18.5 Å². The van der Waals surface area contributed by atoms with Crippen LogP contribution in [-0.2, 0) is 16.1 Å². The summed E-state index contributed by atoms with van der Waals surface area (Å²) in [5, 5.41) is 0.504. The van der Waals surface area contributed by atoms with E-state index in [4.69, 9.17) is 4.74 Å². The van der Waals surface area contributed by atoms with Crippen LogP contribution in [0.4, 0.5) is 4.39 Å². The number of ether oxygens (including phenoxy) is 1. The number of carbonyl (C=O) groups excluding carboxylic acids is 1. The van der Waals surface area contributed by atoms with Gasteiger partial charge in [0.25, 0.3) is 0 Å². The maximum absolute atomic E-state index is 13.8. The van der Waals surface area contributed by atoms with Crippen molar-refractivity contribution >= 4 is 16.9 Å². The summed E-state index contributed by atoms with van der Waals surface area (Å²) < 4.78 is 18.5. The highest BCUT2D eigenvalue weighted by Crippen LogP contribution is 2.21. The summed E-state index contributed by atoms with van der Waals surface area (Å²) in [6, 6.07) is 6.60. The lowest BCUT2D eigenvalue weighted by atomic mass is 10.1. The lowest BCUT2D eigenvalue weighted by molar-refractivity contribution is -0.142. The summed E-state index contributed by atoms with van der Waals surface area (Å²) in [5.41, 5.74) is 1.55. The molecule has 5 heteroatoms. The molecule has 0 atom stereocenters. The van der Waals surface area contributed by atoms with E-state index in [0.29, 0.717) is 17.4 Å². The fourth-order valence-corrected chi connectivity index (χ4v) is 2.34. The fraction of sp³-hybridized carbons (Fsp3) is 0.375. The van der Waals surface area contributed by atoms with Gasteiger partial charge in [0.2, 0.25) is 0 Å². The number of nitrogens with zero attached hydrogens (tertiary/aromatic N) is 2. The van der Waals surface area contributed by atoms with E-state index < -0.39 is 0 Å². The zero-order chi connectivity index (χ0) is 15.2. The van der Waals surface area contributed by atoms with Crippen LogP contribution in [0.1, 0.15) is 18.9 Å². The quantitative estimate of drug-likeness (QED) is 0.767. The molecule has 0 radical (unpaired) electrons. The molecule has 1 heterocycles. The van der Waals surface area contributed by atoms with Crippen molar-refractivity contribution in [3.63, 3.8) is 0 Å². The normalized spacial score (nSPS) is 11.0. The number of esters is 1. The average molecular weight is 290 g/mol. The van der Waals surface area contributed by atoms with Gasteiger partial charge in [0.15, 0.2) is 0 Å². The molecule has 112 valence electrons. The van der Waals surface area contributed by atoms with Crippen LogP contribution in [0.15, 0.2) is 30.5 Å². The van der Waals surface area contributed by atoms with E-state index in [1.807, 2.05) is 11.8 Å². The Balaban J connectivity index is 2.28. The van der Waals surface area contributed by atoms with Gasteiger partial charge < -0.3 is 4.74 Å². The first-order valence-corrected chi connectivity index (χ1v) is 6.97. The largest absolute Gasteiger partial charge is 0.468 e. The van der Waals surface area contributed by atoms with Gasteiger partial charge in [-0.15, -0.1) is 0 Å². The van der Waals surface area contributed by atoms with E-state index in [2.05, 4.69) is 4.98 Å². The minimum Gasteiger partial charge on any atom is -0.468 e. The van der Waals surface area contributed by atoms with Gasteiger partial charge in [0, 0.05) is 18.1 Å². The Labute approximate surface area is 123 Å². The van der Waals surface area contributed by atoms with Gasteiger partial charge in [-0.25, -0.2) is 4.39 Å². The Morgan fingerprint density at radius 2 is 2.19 bits per heavy atom. The van der Waals surface area contributed by atoms with Crippen LogP contribution in [0.2, 0.25) is 0 Å². The van der Waals surface area contributed by atoms with Crippen molar-refractivity contribution in [3.8, 4) is 0 Å². The van der Waals surface area contributed by atoms with E-state index in [1.165, 1.54) is 13.2 Å². The maximum atomic E-state index is 13.8. The van der Waals surface area contributed by atoms with E-state index in [9.17, 15) is 9.18 Å². The maximum Gasteiger partial charge on any atom is 0.319 e. The topological polar surface area (TPSA) is 42.4 Å². The molecular formula is C16H19FN2O2. The highest BCUT2D eigenvalue weighted by Gasteiger charge is 2.14. The van der Waals surface area contributed by atoms with Crippen molar-refractivity contribution in [2.45, 2.75) is 19.9 Å². The Hall–Kier alpha value is -2.01. The molecule has 0 aliphatic carbocycles. The van der Waals surface area contributed by atoms with Gasteiger partial charge in [-0.2, -0.15) is 0 Å². The molecular weight excluding hydrogens is 271 g/mol. The SMILES string of the molecule is CCCN(CC(=O)OC)Cc1ccc(F)c2cccnc12. The summed E-state index contributed by atoms with van der Waals surface area (Å²) in [7, 11) is 1.38. The predicted molar refractivity (Wildman–Crippen MR) is 79.3 cm³/mol. The van der Waals surface area contributed by atoms with Gasteiger partial charge in [0.1, 0.15) is 5.82 Å². The molecule has 0 aliphatic heterocycles. The van der Waals surface area contributed by atoms with Crippen LogP contribution in [0, 0.1) is 5.82 Å². The van der Waals surface area contributed by atoms with Crippen molar-refractivity contribution in [2.75, 3.05) is 20.2 Å². The molecule has 21 heavy (non-hydrogen) atoms. The summed E-state index contributed by atoms with van der Waals surface area (Å²) >= 11 is 0. The first kappa shape index (κ1) is 15.4. The van der Waals surface area contributed by atoms with Crippen molar-refractivity contribution < 1.29 is 13.9 Å². The van der Waals surface area contributed by atoms with Crippen LogP contribution < -0.4 is 0 Å². The molecule has 0 aliphatic rings. The lowest BCUT2D eigenvalue weighted by Crippen LogP contribution is -2.31. The molecule has 0 fully saturated rings. The molecule has 2 rings (SSSR count). The number of benzene rings is 1. The number of fused-ring (bicyclic) bond motifs is 1. The number of aromatic nitrogens is 1. The number of pyridine rings is 1. The Morgan fingerprint density at radius 3 is 2.90 bits per heavy atom. The molecule has 0 bridgehead atoms. The van der Waals surface area contributed by atoms with Crippen molar-refractivity contribution in [1.82, 2.24) is 9.88 Å². The molecule has 2 aromatic rings. The number of hydrogen-bond acceptors (Lipinski definition) is 4. The average Bonchev–Trinajstić information content (AvgIpc) is 2.50. The van der Waals surface area contributed by atoms with Crippen molar-refractivity contribution in [2.24, 2.45) is 0 Å². The van der Waals surface area contributed by atoms with Crippen molar-refractivity contribution in [3.05, 3.63) is 41.8 Å². The molecule has 1 aromatic carbocycles. The van der Waals surface area contributed by atoms with Crippen LogP contribution in [0.5, 0.6) is 0 Å².